The molecule has 0 bridgehead atoms. The van der Waals surface area contributed by atoms with Crippen molar-refractivity contribution >= 4 is 23.8 Å². The number of carboxylic acid groups (broad SMARTS) is 1. The van der Waals surface area contributed by atoms with E-state index in [1.807, 2.05) is 7.05 Å². The molecule has 2 saturated heterocycles. The highest BCUT2D eigenvalue weighted by atomic mass is 32.2. The minimum Gasteiger partial charge on any atom is -0.480 e. The molecule has 2 fully saturated rings. The first-order chi connectivity index (χ1) is 8.50. The van der Waals surface area contributed by atoms with E-state index in [4.69, 9.17) is 5.11 Å². The van der Waals surface area contributed by atoms with Gasteiger partial charge >= 0.3 is 12.0 Å². The number of nitrogens with zero attached hydrogens (tertiary/aromatic N) is 3. The van der Waals surface area contributed by atoms with E-state index in [2.05, 4.69) is 11.8 Å². The van der Waals surface area contributed by atoms with Crippen LogP contribution in [0.5, 0.6) is 0 Å². The van der Waals surface area contributed by atoms with Gasteiger partial charge in [-0.05, 0) is 14.0 Å². The number of thioether (sulfide) groups is 1. The Morgan fingerprint density at radius 2 is 2.06 bits per heavy atom. The van der Waals surface area contributed by atoms with Gasteiger partial charge in [0.05, 0.1) is 5.88 Å². The van der Waals surface area contributed by atoms with Crippen molar-refractivity contribution in [3.8, 4) is 0 Å². The normalized spacial score (nSPS) is 29.7. The first-order valence-electron chi connectivity index (χ1n) is 6.07. The summed E-state index contributed by atoms with van der Waals surface area (Å²) in [6.07, 6.45) is 0. The highest BCUT2D eigenvalue weighted by Gasteiger charge is 2.38. The lowest BCUT2D eigenvalue weighted by Crippen LogP contribution is -2.57. The number of carboxylic acids is 1. The summed E-state index contributed by atoms with van der Waals surface area (Å²) in [5.74, 6) is 0.0662. The van der Waals surface area contributed by atoms with Gasteiger partial charge in [-0.2, -0.15) is 0 Å². The van der Waals surface area contributed by atoms with Crippen LogP contribution >= 0.6 is 11.8 Å². The van der Waals surface area contributed by atoms with Crippen LogP contribution in [0.2, 0.25) is 0 Å². The molecule has 102 valence electrons. The Hall–Kier alpha value is -0.950. The van der Waals surface area contributed by atoms with Gasteiger partial charge in [0, 0.05) is 31.4 Å². The van der Waals surface area contributed by atoms with Crippen molar-refractivity contribution in [1.82, 2.24) is 14.7 Å². The van der Waals surface area contributed by atoms with Gasteiger partial charge in [0.15, 0.2) is 0 Å². The monoisotopic (exact) mass is 273 g/mol. The number of amides is 2. The highest BCUT2D eigenvalue weighted by molar-refractivity contribution is 7.99. The van der Waals surface area contributed by atoms with E-state index < -0.39 is 12.0 Å². The van der Waals surface area contributed by atoms with E-state index in [-0.39, 0.29) is 6.03 Å². The van der Waals surface area contributed by atoms with Crippen molar-refractivity contribution in [3.05, 3.63) is 0 Å². The van der Waals surface area contributed by atoms with Crippen molar-refractivity contribution in [2.75, 3.05) is 38.3 Å². The molecule has 7 heteroatoms. The average Bonchev–Trinajstić information content (AvgIpc) is 2.81. The molecule has 2 unspecified atom stereocenters. The van der Waals surface area contributed by atoms with Gasteiger partial charge in [0.2, 0.25) is 0 Å². The molecule has 6 nitrogen and oxygen atoms in total. The fraction of sp³-hybridized carbons (Fsp3) is 0.818. The zero-order valence-electron chi connectivity index (χ0n) is 10.7. The predicted octanol–water partition coefficient (Wildman–Crippen LogP) is 0.202. The molecule has 0 radical (unpaired) electrons. The lowest BCUT2D eigenvalue weighted by atomic mass is 10.2. The van der Waals surface area contributed by atoms with Crippen molar-refractivity contribution in [2.45, 2.75) is 19.0 Å². The molecular weight excluding hydrogens is 254 g/mol. The van der Waals surface area contributed by atoms with E-state index in [9.17, 15) is 9.59 Å². The number of hydrogen-bond donors (Lipinski definition) is 1. The number of urea groups is 1. The molecule has 1 N–H and O–H groups in total. The molecule has 2 heterocycles. The first-order valence-corrected chi connectivity index (χ1v) is 7.22. The molecule has 0 aromatic heterocycles. The fourth-order valence-corrected chi connectivity index (χ4v) is 3.38. The van der Waals surface area contributed by atoms with Crippen molar-refractivity contribution < 1.29 is 14.7 Å². The lowest BCUT2D eigenvalue weighted by Gasteiger charge is -2.39. The summed E-state index contributed by atoms with van der Waals surface area (Å²) in [5, 5.41) is 9.09. The Morgan fingerprint density at radius 1 is 1.33 bits per heavy atom. The van der Waals surface area contributed by atoms with Crippen molar-refractivity contribution in [3.63, 3.8) is 0 Å². The quantitative estimate of drug-likeness (QED) is 0.739. The van der Waals surface area contributed by atoms with E-state index in [0.29, 0.717) is 30.8 Å². The summed E-state index contributed by atoms with van der Waals surface area (Å²) in [6, 6.07) is -0.481. The van der Waals surface area contributed by atoms with Crippen LogP contribution in [0.1, 0.15) is 6.92 Å². The molecule has 2 rings (SSSR count). The molecule has 0 aliphatic carbocycles. The summed E-state index contributed by atoms with van der Waals surface area (Å²) in [6.45, 7) is 4.26. The van der Waals surface area contributed by atoms with Gasteiger partial charge in [0.25, 0.3) is 0 Å². The van der Waals surface area contributed by atoms with Gasteiger partial charge in [-0.25, -0.2) is 9.59 Å². The second-order valence-electron chi connectivity index (χ2n) is 4.88. The number of likely N-dealkylation sites (N-methyl/N-ethyl adjacent to an activating group) is 1. The predicted molar refractivity (Wildman–Crippen MR) is 69.6 cm³/mol. The SMILES string of the molecule is CC1CN(C(=O)N2CSCC2C(=O)O)CCN1C. The summed E-state index contributed by atoms with van der Waals surface area (Å²) in [5.41, 5.74) is 0. The zero-order chi connectivity index (χ0) is 13.3. The van der Waals surface area contributed by atoms with Gasteiger partial charge in [0.1, 0.15) is 6.04 Å². The number of carbonyl (C=O) groups is 2. The van der Waals surface area contributed by atoms with E-state index in [1.165, 1.54) is 16.7 Å². The second-order valence-corrected chi connectivity index (χ2v) is 5.88. The summed E-state index contributed by atoms with van der Waals surface area (Å²) >= 11 is 1.50. The number of hydrogen-bond acceptors (Lipinski definition) is 4. The van der Waals surface area contributed by atoms with Gasteiger partial charge in [-0.3, -0.25) is 0 Å². The first kappa shape index (κ1) is 13.5. The third-order valence-electron chi connectivity index (χ3n) is 3.64. The standard InChI is InChI=1S/C11H19N3O3S/c1-8-5-13(4-3-12(8)2)11(17)14-7-18-6-9(14)10(15)16/h8-9H,3-7H2,1-2H3,(H,15,16). The fourth-order valence-electron chi connectivity index (χ4n) is 2.24. The smallest absolute Gasteiger partial charge is 0.327 e. The summed E-state index contributed by atoms with van der Waals surface area (Å²) < 4.78 is 0. The third kappa shape index (κ3) is 2.56. The Bertz CT molecular complexity index is 352. The molecule has 2 amide bonds. The van der Waals surface area contributed by atoms with Crippen molar-refractivity contribution in [1.29, 1.82) is 0 Å². The average molecular weight is 273 g/mol. The molecule has 0 aromatic rings. The second kappa shape index (κ2) is 5.36. The zero-order valence-corrected chi connectivity index (χ0v) is 11.5. The Kier molecular flexibility index (Phi) is 4.01. The molecule has 0 aromatic carbocycles. The highest BCUT2D eigenvalue weighted by Crippen LogP contribution is 2.23. The Morgan fingerprint density at radius 3 is 2.67 bits per heavy atom. The number of piperazine rings is 1. The van der Waals surface area contributed by atoms with Crippen LogP contribution in [0.4, 0.5) is 4.79 Å². The van der Waals surface area contributed by atoms with Crippen LogP contribution in [0, 0.1) is 0 Å². The van der Waals surface area contributed by atoms with Crippen molar-refractivity contribution in [2.24, 2.45) is 0 Å². The maximum atomic E-state index is 12.3. The van der Waals surface area contributed by atoms with Crippen LogP contribution < -0.4 is 0 Å². The molecule has 2 aliphatic heterocycles. The number of aliphatic carboxylic acids is 1. The van der Waals surface area contributed by atoms with Gasteiger partial charge in [-0.1, -0.05) is 0 Å². The van der Waals surface area contributed by atoms with Crippen LogP contribution in [0.3, 0.4) is 0 Å². The lowest BCUT2D eigenvalue weighted by molar-refractivity contribution is -0.141. The number of rotatable bonds is 1. The molecular formula is C11H19N3O3S. The largest absolute Gasteiger partial charge is 0.480 e. The summed E-state index contributed by atoms with van der Waals surface area (Å²) in [7, 11) is 2.04. The van der Waals surface area contributed by atoms with E-state index >= 15 is 0 Å². The van der Waals surface area contributed by atoms with E-state index in [1.54, 1.807) is 4.90 Å². The number of carbonyl (C=O) groups excluding carboxylic acids is 1. The maximum Gasteiger partial charge on any atom is 0.327 e. The molecule has 2 aliphatic rings. The van der Waals surface area contributed by atoms with Gasteiger partial charge in [-0.15, -0.1) is 11.8 Å². The Balaban J connectivity index is 2.01. The van der Waals surface area contributed by atoms with Crippen LogP contribution in [-0.4, -0.2) is 82.2 Å². The molecule has 2 atom stereocenters. The molecule has 18 heavy (non-hydrogen) atoms. The minimum absolute atomic E-state index is 0.132. The van der Waals surface area contributed by atoms with E-state index in [0.717, 1.165) is 6.54 Å². The van der Waals surface area contributed by atoms with Crippen LogP contribution in [-0.2, 0) is 4.79 Å². The third-order valence-corrected chi connectivity index (χ3v) is 4.66. The molecule has 0 spiro atoms. The minimum atomic E-state index is -0.907. The van der Waals surface area contributed by atoms with Crippen LogP contribution in [0.15, 0.2) is 0 Å². The topological polar surface area (TPSA) is 64.1 Å². The van der Waals surface area contributed by atoms with Crippen LogP contribution in [0.25, 0.3) is 0 Å². The van der Waals surface area contributed by atoms with Gasteiger partial charge < -0.3 is 19.8 Å². The maximum absolute atomic E-state index is 12.3. The Labute approximate surface area is 111 Å². The molecule has 0 saturated carbocycles. The summed E-state index contributed by atoms with van der Waals surface area (Å²) in [4.78, 5) is 28.9.